The van der Waals surface area contributed by atoms with Crippen LogP contribution in [0.1, 0.15) is 57.1 Å². The monoisotopic (exact) mass is 247 g/mol. The molecule has 0 amide bonds. The van der Waals surface area contributed by atoms with Gasteiger partial charge in [0.25, 0.3) is 0 Å². The zero-order valence-electron chi connectivity index (χ0n) is 12.5. The lowest BCUT2D eigenvalue weighted by Gasteiger charge is -2.19. The van der Waals surface area contributed by atoms with Gasteiger partial charge in [0.15, 0.2) is 0 Å². The third kappa shape index (κ3) is 5.68. The van der Waals surface area contributed by atoms with Crippen molar-refractivity contribution in [1.82, 2.24) is 5.32 Å². The normalized spacial score (nSPS) is 12.9. The summed E-state index contributed by atoms with van der Waals surface area (Å²) in [6.45, 7) is 11.2. The van der Waals surface area contributed by atoms with Crippen molar-refractivity contribution < 1.29 is 0 Å². The van der Waals surface area contributed by atoms with Gasteiger partial charge < -0.3 is 5.32 Å². The summed E-state index contributed by atoms with van der Waals surface area (Å²) in [5, 5.41) is 3.57. The topological polar surface area (TPSA) is 12.0 Å². The molecule has 1 rings (SSSR count). The van der Waals surface area contributed by atoms with Crippen molar-refractivity contribution in [2.24, 2.45) is 5.92 Å². The van der Waals surface area contributed by atoms with Crippen molar-refractivity contribution in [2.75, 3.05) is 13.1 Å². The molecule has 1 nitrogen and oxygen atoms in total. The van der Waals surface area contributed by atoms with Crippen LogP contribution in [0.2, 0.25) is 0 Å². The van der Waals surface area contributed by atoms with Crippen LogP contribution in [0.25, 0.3) is 0 Å². The Balaban J connectivity index is 2.60. The Morgan fingerprint density at radius 3 is 2.28 bits per heavy atom. The fourth-order valence-corrected chi connectivity index (χ4v) is 2.21. The van der Waals surface area contributed by atoms with Gasteiger partial charge in [-0.2, -0.15) is 0 Å². The molecule has 1 unspecified atom stereocenters. The van der Waals surface area contributed by atoms with Gasteiger partial charge in [0.2, 0.25) is 0 Å². The molecule has 1 N–H and O–H groups in total. The largest absolute Gasteiger partial charge is 0.316 e. The predicted octanol–water partition coefficient (Wildman–Crippen LogP) is 4.51. The number of rotatable bonds is 8. The molecule has 1 atom stereocenters. The van der Waals surface area contributed by atoms with Crippen LogP contribution < -0.4 is 5.32 Å². The van der Waals surface area contributed by atoms with Crippen molar-refractivity contribution in [3.8, 4) is 0 Å². The molecule has 0 aromatic heterocycles. The van der Waals surface area contributed by atoms with Crippen molar-refractivity contribution in [1.29, 1.82) is 0 Å². The van der Waals surface area contributed by atoms with Gasteiger partial charge in [-0.25, -0.2) is 0 Å². The average molecular weight is 247 g/mol. The minimum absolute atomic E-state index is 0.666. The lowest BCUT2D eigenvalue weighted by Crippen LogP contribution is -2.22. The minimum atomic E-state index is 0.666. The van der Waals surface area contributed by atoms with E-state index in [2.05, 4.69) is 57.3 Å². The zero-order valence-corrected chi connectivity index (χ0v) is 12.5. The standard InChI is InChI=1S/C17H29N/c1-5-12-18-13-17(9-6-14(2)3)16-10-7-15(4)8-11-16/h7-8,10-11,14,17-18H,5-6,9,12-13H2,1-4H3. The van der Waals surface area contributed by atoms with Gasteiger partial charge in [0.05, 0.1) is 0 Å². The van der Waals surface area contributed by atoms with E-state index in [1.165, 1.54) is 30.4 Å². The summed E-state index contributed by atoms with van der Waals surface area (Å²) in [4.78, 5) is 0. The molecule has 1 heteroatoms. The van der Waals surface area contributed by atoms with Gasteiger partial charge in [0.1, 0.15) is 0 Å². The highest BCUT2D eigenvalue weighted by Crippen LogP contribution is 2.23. The van der Waals surface area contributed by atoms with E-state index in [1.54, 1.807) is 0 Å². The second-order valence-corrected chi connectivity index (χ2v) is 5.78. The van der Waals surface area contributed by atoms with E-state index in [0.717, 1.165) is 19.0 Å². The van der Waals surface area contributed by atoms with Gasteiger partial charge in [-0.05, 0) is 43.7 Å². The molecule has 18 heavy (non-hydrogen) atoms. The Hall–Kier alpha value is -0.820. The first kappa shape index (κ1) is 15.2. The minimum Gasteiger partial charge on any atom is -0.316 e. The molecule has 0 saturated heterocycles. The average Bonchev–Trinajstić information content (AvgIpc) is 2.34. The maximum atomic E-state index is 3.57. The van der Waals surface area contributed by atoms with E-state index in [-0.39, 0.29) is 0 Å². The highest BCUT2D eigenvalue weighted by molar-refractivity contribution is 5.24. The summed E-state index contributed by atoms with van der Waals surface area (Å²) in [6, 6.07) is 9.07. The van der Waals surface area contributed by atoms with Crippen LogP contribution in [0.3, 0.4) is 0 Å². The predicted molar refractivity (Wildman–Crippen MR) is 81.2 cm³/mol. The van der Waals surface area contributed by atoms with Gasteiger partial charge in [0, 0.05) is 6.54 Å². The summed E-state index contributed by atoms with van der Waals surface area (Å²) in [6.07, 6.45) is 3.81. The molecule has 0 saturated carbocycles. The van der Waals surface area contributed by atoms with E-state index in [4.69, 9.17) is 0 Å². The van der Waals surface area contributed by atoms with Crippen LogP contribution in [0.15, 0.2) is 24.3 Å². The van der Waals surface area contributed by atoms with Crippen molar-refractivity contribution in [2.45, 2.75) is 52.9 Å². The van der Waals surface area contributed by atoms with Crippen LogP contribution in [-0.2, 0) is 0 Å². The molecule has 0 fully saturated rings. The molecule has 0 bridgehead atoms. The molecule has 0 radical (unpaired) electrons. The molecule has 0 spiro atoms. The smallest absolute Gasteiger partial charge is 0.00201 e. The fraction of sp³-hybridized carbons (Fsp3) is 0.647. The fourth-order valence-electron chi connectivity index (χ4n) is 2.21. The van der Waals surface area contributed by atoms with Crippen molar-refractivity contribution in [3.05, 3.63) is 35.4 Å². The molecule has 1 aromatic rings. The second kappa shape index (κ2) is 8.31. The van der Waals surface area contributed by atoms with Gasteiger partial charge in [-0.15, -0.1) is 0 Å². The lowest BCUT2D eigenvalue weighted by atomic mass is 9.91. The van der Waals surface area contributed by atoms with Crippen LogP contribution in [0.4, 0.5) is 0 Å². The number of hydrogen-bond donors (Lipinski definition) is 1. The van der Waals surface area contributed by atoms with Gasteiger partial charge in [-0.1, -0.05) is 57.0 Å². The van der Waals surface area contributed by atoms with Gasteiger partial charge in [-0.3, -0.25) is 0 Å². The molecule has 0 aliphatic carbocycles. The van der Waals surface area contributed by atoms with Crippen LogP contribution in [-0.4, -0.2) is 13.1 Å². The number of nitrogens with one attached hydrogen (secondary N) is 1. The third-order valence-electron chi connectivity index (χ3n) is 3.46. The van der Waals surface area contributed by atoms with Crippen molar-refractivity contribution >= 4 is 0 Å². The van der Waals surface area contributed by atoms with Crippen molar-refractivity contribution in [3.63, 3.8) is 0 Å². The molecular weight excluding hydrogens is 218 g/mol. The van der Waals surface area contributed by atoms with Crippen LogP contribution >= 0.6 is 0 Å². The Kier molecular flexibility index (Phi) is 7.04. The quantitative estimate of drug-likeness (QED) is 0.666. The Morgan fingerprint density at radius 2 is 1.72 bits per heavy atom. The maximum absolute atomic E-state index is 3.57. The lowest BCUT2D eigenvalue weighted by molar-refractivity contribution is 0.476. The molecule has 102 valence electrons. The van der Waals surface area contributed by atoms with E-state index >= 15 is 0 Å². The first-order valence-corrected chi connectivity index (χ1v) is 7.40. The summed E-state index contributed by atoms with van der Waals surface area (Å²) in [7, 11) is 0. The van der Waals surface area contributed by atoms with Gasteiger partial charge >= 0.3 is 0 Å². The summed E-state index contributed by atoms with van der Waals surface area (Å²) < 4.78 is 0. The summed E-state index contributed by atoms with van der Waals surface area (Å²) in [5.41, 5.74) is 2.84. The highest BCUT2D eigenvalue weighted by Gasteiger charge is 2.11. The van der Waals surface area contributed by atoms with Crippen LogP contribution in [0.5, 0.6) is 0 Å². The number of aryl methyl sites for hydroxylation is 1. The third-order valence-corrected chi connectivity index (χ3v) is 3.46. The SMILES string of the molecule is CCCNCC(CCC(C)C)c1ccc(C)cc1. The number of hydrogen-bond acceptors (Lipinski definition) is 1. The molecule has 0 aliphatic heterocycles. The molecule has 0 aliphatic rings. The number of benzene rings is 1. The summed E-state index contributed by atoms with van der Waals surface area (Å²) in [5.74, 6) is 1.46. The second-order valence-electron chi connectivity index (χ2n) is 5.78. The zero-order chi connectivity index (χ0) is 13.4. The van der Waals surface area contributed by atoms with Crippen LogP contribution in [0, 0.1) is 12.8 Å². The first-order valence-electron chi connectivity index (χ1n) is 7.40. The van der Waals surface area contributed by atoms with E-state index in [1.807, 2.05) is 0 Å². The molecule has 1 aromatic carbocycles. The Morgan fingerprint density at radius 1 is 1.06 bits per heavy atom. The summed E-state index contributed by atoms with van der Waals surface area (Å²) >= 11 is 0. The first-order chi connectivity index (χ1) is 8.63. The van der Waals surface area contributed by atoms with E-state index in [0.29, 0.717) is 5.92 Å². The highest BCUT2D eigenvalue weighted by atomic mass is 14.8. The Labute approximate surface area is 113 Å². The van der Waals surface area contributed by atoms with E-state index in [9.17, 15) is 0 Å². The molecule has 0 heterocycles. The molecular formula is C17H29N. The Bertz CT molecular complexity index is 313. The van der Waals surface area contributed by atoms with E-state index < -0.39 is 0 Å². The maximum Gasteiger partial charge on any atom is 0.00201 e.